The first-order valence-corrected chi connectivity index (χ1v) is 12.0. The van der Waals surface area contributed by atoms with Crippen LogP contribution >= 0.6 is 0 Å². The lowest BCUT2D eigenvalue weighted by molar-refractivity contribution is -0.384. The summed E-state index contributed by atoms with van der Waals surface area (Å²) < 4.78 is 34.7. The Balaban J connectivity index is 1.52. The highest BCUT2D eigenvalue weighted by Crippen LogP contribution is 2.32. The van der Waals surface area contributed by atoms with Gasteiger partial charge in [-0.05, 0) is 43.7 Å². The number of hydrogen-bond acceptors (Lipinski definition) is 7. The number of nitro groups is 1. The normalized spacial score (nSPS) is 20.7. The molecule has 0 bridgehead atoms. The topological polar surface area (TPSA) is 120 Å². The van der Waals surface area contributed by atoms with Crippen molar-refractivity contribution < 1.29 is 18.1 Å². The van der Waals surface area contributed by atoms with E-state index in [1.165, 1.54) is 16.4 Å². The smallest absolute Gasteiger partial charge is 0.294 e. The standard InChI is InChI=1S/C20H27N5O5S/c1-15-6-8-24(9-7-15)31(28,29)18-4-5-19(20(11-18)25(26)27)22-16-12-21-23(13-16)14-17-3-2-10-30-17/h4-5,11-13,15,17,22H,2-3,6-10,14H2,1H3/t17-/m0/s1. The molecular formula is C20H27N5O5S. The number of anilines is 2. The van der Waals surface area contributed by atoms with Crippen molar-refractivity contribution in [3.05, 3.63) is 40.7 Å². The molecule has 1 N–H and O–H groups in total. The van der Waals surface area contributed by atoms with E-state index < -0.39 is 14.9 Å². The van der Waals surface area contributed by atoms with Gasteiger partial charge in [-0.3, -0.25) is 14.8 Å². The van der Waals surface area contributed by atoms with E-state index in [4.69, 9.17) is 4.74 Å². The van der Waals surface area contributed by atoms with Gasteiger partial charge in [-0.1, -0.05) is 6.92 Å². The van der Waals surface area contributed by atoms with Gasteiger partial charge >= 0.3 is 0 Å². The van der Waals surface area contributed by atoms with Crippen LogP contribution in [0.2, 0.25) is 0 Å². The van der Waals surface area contributed by atoms with Crippen LogP contribution in [-0.2, 0) is 21.3 Å². The molecule has 11 heteroatoms. The van der Waals surface area contributed by atoms with E-state index in [1.54, 1.807) is 17.1 Å². The molecular weight excluding hydrogens is 422 g/mol. The van der Waals surface area contributed by atoms with Crippen molar-refractivity contribution in [3.63, 3.8) is 0 Å². The van der Waals surface area contributed by atoms with Crippen LogP contribution in [0.25, 0.3) is 0 Å². The molecule has 0 radical (unpaired) electrons. The Bertz CT molecular complexity index is 1040. The average Bonchev–Trinajstić information content (AvgIpc) is 3.41. The van der Waals surface area contributed by atoms with Gasteiger partial charge in [0.2, 0.25) is 10.0 Å². The minimum Gasteiger partial charge on any atom is -0.376 e. The van der Waals surface area contributed by atoms with Crippen LogP contribution in [0.4, 0.5) is 17.1 Å². The number of hydrogen-bond donors (Lipinski definition) is 1. The maximum absolute atomic E-state index is 13.0. The number of aromatic nitrogens is 2. The molecule has 1 atom stereocenters. The Labute approximate surface area is 181 Å². The highest BCUT2D eigenvalue weighted by atomic mass is 32.2. The molecule has 2 aromatic rings. The van der Waals surface area contributed by atoms with E-state index in [9.17, 15) is 18.5 Å². The molecule has 1 aromatic heterocycles. The van der Waals surface area contributed by atoms with E-state index in [-0.39, 0.29) is 22.4 Å². The number of sulfonamides is 1. The van der Waals surface area contributed by atoms with Crippen LogP contribution in [0.15, 0.2) is 35.5 Å². The summed E-state index contributed by atoms with van der Waals surface area (Å²) in [5, 5.41) is 18.9. The Hall–Kier alpha value is -2.50. The first-order chi connectivity index (χ1) is 14.8. The summed E-state index contributed by atoms with van der Waals surface area (Å²) in [5.41, 5.74) is 0.507. The molecule has 2 fully saturated rings. The molecule has 3 heterocycles. The SMILES string of the molecule is CC1CCN(S(=O)(=O)c2ccc(Nc3cnn(C[C@@H]4CCCO4)c3)c([N+](=O)[O-])c2)CC1. The van der Waals surface area contributed by atoms with Gasteiger partial charge in [0.25, 0.3) is 5.69 Å². The van der Waals surface area contributed by atoms with Crippen molar-refractivity contribution >= 4 is 27.1 Å². The van der Waals surface area contributed by atoms with Gasteiger partial charge in [0.05, 0.1) is 34.4 Å². The lowest BCUT2D eigenvalue weighted by Crippen LogP contribution is -2.37. The molecule has 2 aliphatic rings. The molecule has 31 heavy (non-hydrogen) atoms. The summed E-state index contributed by atoms with van der Waals surface area (Å²) in [4.78, 5) is 11.0. The van der Waals surface area contributed by atoms with E-state index in [1.807, 2.05) is 0 Å². The number of nitrogens with one attached hydrogen (secondary N) is 1. The zero-order valence-corrected chi connectivity index (χ0v) is 18.3. The van der Waals surface area contributed by atoms with Gasteiger partial charge in [-0.15, -0.1) is 0 Å². The van der Waals surface area contributed by atoms with E-state index in [0.29, 0.717) is 31.2 Å². The van der Waals surface area contributed by atoms with E-state index >= 15 is 0 Å². The number of benzene rings is 1. The van der Waals surface area contributed by atoms with Crippen LogP contribution in [-0.4, -0.2) is 53.2 Å². The highest BCUT2D eigenvalue weighted by Gasteiger charge is 2.30. The van der Waals surface area contributed by atoms with E-state index in [2.05, 4.69) is 17.3 Å². The Kier molecular flexibility index (Phi) is 6.26. The Morgan fingerprint density at radius 3 is 2.74 bits per heavy atom. The largest absolute Gasteiger partial charge is 0.376 e. The minimum atomic E-state index is -3.77. The average molecular weight is 450 g/mol. The third kappa shape index (κ3) is 4.89. The molecule has 0 spiro atoms. The van der Waals surface area contributed by atoms with Gasteiger partial charge in [-0.25, -0.2) is 8.42 Å². The van der Waals surface area contributed by atoms with Crippen molar-refractivity contribution in [1.82, 2.24) is 14.1 Å². The minimum absolute atomic E-state index is 0.0617. The fourth-order valence-corrected chi connectivity index (χ4v) is 5.47. The molecule has 1 aromatic carbocycles. The highest BCUT2D eigenvalue weighted by molar-refractivity contribution is 7.89. The molecule has 0 aliphatic carbocycles. The summed E-state index contributed by atoms with van der Waals surface area (Å²) >= 11 is 0. The fraction of sp³-hybridized carbons (Fsp3) is 0.550. The Morgan fingerprint density at radius 2 is 2.06 bits per heavy atom. The fourth-order valence-electron chi connectivity index (χ4n) is 3.98. The van der Waals surface area contributed by atoms with Gasteiger partial charge in [-0.2, -0.15) is 9.40 Å². The quantitative estimate of drug-likeness (QED) is 0.509. The molecule has 10 nitrogen and oxygen atoms in total. The zero-order chi connectivity index (χ0) is 22.0. The van der Waals surface area contributed by atoms with Crippen LogP contribution in [0.3, 0.4) is 0 Å². The third-order valence-electron chi connectivity index (χ3n) is 5.87. The third-order valence-corrected chi connectivity index (χ3v) is 7.77. The molecule has 0 amide bonds. The van der Waals surface area contributed by atoms with Crippen molar-refractivity contribution in [3.8, 4) is 0 Å². The number of nitro benzene ring substituents is 1. The summed E-state index contributed by atoms with van der Waals surface area (Å²) in [6.07, 6.45) is 7.07. The lowest BCUT2D eigenvalue weighted by atomic mass is 10.0. The molecule has 4 rings (SSSR count). The molecule has 2 saturated heterocycles. The maximum Gasteiger partial charge on any atom is 0.294 e. The van der Waals surface area contributed by atoms with Crippen LogP contribution in [0.5, 0.6) is 0 Å². The monoisotopic (exact) mass is 449 g/mol. The van der Waals surface area contributed by atoms with Crippen LogP contribution < -0.4 is 5.32 Å². The van der Waals surface area contributed by atoms with Crippen molar-refractivity contribution in [2.45, 2.75) is 50.2 Å². The number of ether oxygens (including phenoxy) is 1. The second kappa shape index (κ2) is 8.93. The van der Waals surface area contributed by atoms with Gasteiger partial charge < -0.3 is 10.1 Å². The molecule has 0 unspecified atom stereocenters. The van der Waals surface area contributed by atoms with Crippen molar-refractivity contribution in [2.24, 2.45) is 5.92 Å². The zero-order valence-electron chi connectivity index (χ0n) is 17.4. The Morgan fingerprint density at radius 1 is 1.29 bits per heavy atom. The maximum atomic E-state index is 13.0. The predicted molar refractivity (Wildman–Crippen MR) is 115 cm³/mol. The summed E-state index contributed by atoms with van der Waals surface area (Å²) in [5.74, 6) is 0.480. The van der Waals surface area contributed by atoms with Crippen molar-refractivity contribution in [1.29, 1.82) is 0 Å². The number of rotatable bonds is 7. The van der Waals surface area contributed by atoms with Gasteiger partial charge in [0, 0.05) is 32.0 Å². The predicted octanol–water partition coefficient (Wildman–Crippen LogP) is 3.13. The molecule has 0 saturated carbocycles. The van der Waals surface area contributed by atoms with Crippen LogP contribution in [0, 0.1) is 16.0 Å². The second-order valence-corrected chi connectivity index (χ2v) is 10.2. The van der Waals surface area contributed by atoms with Gasteiger partial charge in [0.15, 0.2) is 0 Å². The number of nitrogens with zero attached hydrogens (tertiary/aromatic N) is 4. The van der Waals surface area contributed by atoms with Crippen molar-refractivity contribution in [2.75, 3.05) is 25.0 Å². The summed E-state index contributed by atoms with van der Waals surface area (Å²) in [6, 6.07) is 3.99. The molecule has 2 aliphatic heterocycles. The summed E-state index contributed by atoms with van der Waals surface area (Å²) in [7, 11) is -3.77. The van der Waals surface area contributed by atoms with E-state index in [0.717, 1.165) is 38.4 Å². The molecule has 168 valence electrons. The van der Waals surface area contributed by atoms with Crippen LogP contribution in [0.1, 0.15) is 32.6 Å². The summed E-state index contributed by atoms with van der Waals surface area (Å²) in [6.45, 7) is 4.34. The number of piperidine rings is 1. The second-order valence-electron chi connectivity index (χ2n) is 8.23. The lowest BCUT2D eigenvalue weighted by Gasteiger charge is -2.29. The van der Waals surface area contributed by atoms with Gasteiger partial charge in [0.1, 0.15) is 5.69 Å². The first kappa shape index (κ1) is 21.7. The first-order valence-electron chi connectivity index (χ1n) is 10.5.